The Labute approximate surface area is 192 Å². The summed E-state index contributed by atoms with van der Waals surface area (Å²) in [5.74, 6) is 1.29. The van der Waals surface area contributed by atoms with E-state index >= 15 is 0 Å². The van der Waals surface area contributed by atoms with Crippen LogP contribution in [0.4, 0.5) is 0 Å². The molecule has 7 nitrogen and oxygen atoms in total. The van der Waals surface area contributed by atoms with Crippen LogP contribution in [0.2, 0.25) is 0 Å². The van der Waals surface area contributed by atoms with Crippen LogP contribution in [0, 0.1) is 5.92 Å². The van der Waals surface area contributed by atoms with Crippen molar-refractivity contribution in [2.24, 2.45) is 10.9 Å². The van der Waals surface area contributed by atoms with E-state index in [1.807, 2.05) is 4.90 Å². The zero-order chi connectivity index (χ0) is 20.2. The minimum Gasteiger partial charge on any atom is -0.469 e. The maximum atomic E-state index is 12.7. The molecule has 2 aliphatic rings. The molecule has 1 aliphatic carbocycles. The summed E-state index contributed by atoms with van der Waals surface area (Å²) in [5, 5.41) is 6.79. The van der Waals surface area contributed by atoms with E-state index in [1.165, 1.54) is 26.4 Å². The smallest absolute Gasteiger partial charge is 0.305 e. The van der Waals surface area contributed by atoms with E-state index in [0.29, 0.717) is 12.3 Å². The number of nitrogens with zero attached hydrogens (tertiary/aromatic N) is 2. The molecule has 0 aromatic carbocycles. The van der Waals surface area contributed by atoms with Gasteiger partial charge in [0.15, 0.2) is 5.96 Å². The number of unbranched alkanes of at least 4 members (excludes halogenated alkanes) is 2. The number of aliphatic imine (C=N–C) groups is 1. The number of guanidine groups is 1. The Balaban J connectivity index is 0.00000420. The highest BCUT2D eigenvalue weighted by atomic mass is 127. The average molecular weight is 522 g/mol. The Hall–Kier alpha value is -1.06. The molecule has 0 aromatic rings. The number of likely N-dealkylation sites (tertiary alicyclic amines) is 1. The molecule has 29 heavy (non-hydrogen) atoms. The predicted octanol–water partition coefficient (Wildman–Crippen LogP) is 3.07. The molecular weight excluding hydrogens is 483 g/mol. The Bertz CT molecular complexity index is 524. The van der Waals surface area contributed by atoms with Crippen LogP contribution >= 0.6 is 24.0 Å². The van der Waals surface area contributed by atoms with E-state index in [-0.39, 0.29) is 41.9 Å². The molecule has 2 fully saturated rings. The molecule has 1 saturated carbocycles. The summed E-state index contributed by atoms with van der Waals surface area (Å²) in [6.45, 7) is 5.22. The third-order valence-electron chi connectivity index (χ3n) is 5.68. The SMILES string of the molecule is CCNC(=NCCCCCC(=O)OC)NC1CCN(C(=O)C2CCCCC2)C1.I. The first-order valence-electron chi connectivity index (χ1n) is 11.0. The lowest BCUT2D eigenvalue weighted by Gasteiger charge is -2.26. The number of ether oxygens (including phenoxy) is 1. The number of esters is 1. The number of hydrogen-bond donors (Lipinski definition) is 2. The molecule has 168 valence electrons. The highest BCUT2D eigenvalue weighted by Gasteiger charge is 2.31. The Kier molecular flexibility index (Phi) is 13.3. The quantitative estimate of drug-likeness (QED) is 0.160. The predicted molar refractivity (Wildman–Crippen MR) is 127 cm³/mol. The van der Waals surface area contributed by atoms with Gasteiger partial charge < -0.3 is 20.3 Å². The molecule has 1 aliphatic heterocycles. The van der Waals surface area contributed by atoms with Gasteiger partial charge >= 0.3 is 5.97 Å². The summed E-state index contributed by atoms with van der Waals surface area (Å²) in [6.07, 6.45) is 10.0. The first-order chi connectivity index (χ1) is 13.6. The first kappa shape index (κ1) is 26.0. The van der Waals surface area contributed by atoms with E-state index in [0.717, 1.165) is 70.7 Å². The van der Waals surface area contributed by atoms with Crippen LogP contribution in [0.1, 0.15) is 71.1 Å². The van der Waals surface area contributed by atoms with Gasteiger partial charge in [-0.15, -0.1) is 24.0 Å². The zero-order valence-corrected chi connectivity index (χ0v) is 20.4. The average Bonchev–Trinajstić information content (AvgIpc) is 3.19. The fraction of sp³-hybridized carbons (Fsp3) is 0.857. The van der Waals surface area contributed by atoms with Gasteiger partial charge in [0.05, 0.1) is 7.11 Å². The fourth-order valence-corrected chi connectivity index (χ4v) is 4.05. The van der Waals surface area contributed by atoms with Crippen LogP contribution in [-0.2, 0) is 14.3 Å². The summed E-state index contributed by atoms with van der Waals surface area (Å²) in [4.78, 5) is 30.5. The second-order valence-corrected chi connectivity index (χ2v) is 7.90. The number of nitrogens with one attached hydrogen (secondary N) is 2. The second-order valence-electron chi connectivity index (χ2n) is 7.90. The number of halogens is 1. The van der Waals surface area contributed by atoms with Crippen molar-refractivity contribution in [2.75, 3.05) is 33.3 Å². The lowest BCUT2D eigenvalue weighted by atomic mass is 9.88. The van der Waals surface area contributed by atoms with Crippen LogP contribution in [0.5, 0.6) is 0 Å². The van der Waals surface area contributed by atoms with Gasteiger partial charge in [-0.3, -0.25) is 14.6 Å². The molecule has 2 N–H and O–H groups in total. The van der Waals surface area contributed by atoms with Crippen molar-refractivity contribution in [3.05, 3.63) is 0 Å². The van der Waals surface area contributed by atoms with Gasteiger partial charge in [0.25, 0.3) is 0 Å². The van der Waals surface area contributed by atoms with Gasteiger partial charge in [-0.05, 0) is 39.0 Å². The van der Waals surface area contributed by atoms with Crippen molar-refractivity contribution < 1.29 is 14.3 Å². The van der Waals surface area contributed by atoms with Gasteiger partial charge in [0.2, 0.25) is 5.91 Å². The van der Waals surface area contributed by atoms with Crippen LogP contribution in [0.3, 0.4) is 0 Å². The lowest BCUT2D eigenvalue weighted by molar-refractivity contribution is -0.140. The zero-order valence-electron chi connectivity index (χ0n) is 18.1. The maximum absolute atomic E-state index is 12.7. The van der Waals surface area contributed by atoms with E-state index in [4.69, 9.17) is 0 Å². The number of hydrogen-bond acceptors (Lipinski definition) is 4. The van der Waals surface area contributed by atoms with Crippen molar-refractivity contribution in [1.29, 1.82) is 0 Å². The summed E-state index contributed by atoms with van der Waals surface area (Å²) in [6, 6.07) is 0.268. The van der Waals surface area contributed by atoms with Gasteiger partial charge in [-0.2, -0.15) is 0 Å². The van der Waals surface area contributed by atoms with Crippen molar-refractivity contribution in [1.82, 2.24) is 15.5 Å². The highest BCUT2D eigenvalue weighted by Crippen LogP contribution is 2.26. The minimum atomic E-state index is -0.146. The van der Waals surface area contributed by atoms with E-state index in [1.54, 1.807) is 0 Å². The van der Waals surface area contributed by atoms with Crippen LogP contribution in [-0.4, -0.2) is 62.1 Å². The summed E-state index contributed by atoms with van der Waals surface area (Å²) in [5.41, 5.74) is 0. The van der Waals surface area contributed by atoms with Crippen molar-refractivity contribution >= 4 is 41.8 Å². The molecule has 1 saturated heterocycles. The molecule has 0 radical (unpaired) electrons. The monoisotopic (exact) mass is 522 g/mol. The second kappa shape index (κ2) is 14.8. The van der Waals surface area contributed by atoms with Gasteiger partial charge in [-0.25, -0.2) is 0 Å². The third-order valence-corrected chi connectivity index (χ3v) is 5.68. The number of carbonyl (C=O) groups is 2. The van der Waals surface area contributed by atoms with Crippen LogP contribution in [0.15, 0.2) is 4.99 Å². The molecule has 8 heteroatoms. The number of amides is 1. The number of rotatable bonds is 9. The Morgan fingerprint density at radius 1 is 1.10 bits per heavy atom. The molecule has 1 unspecified atom stereocenters. The van der Waals surface area contributed by atoms with E-state index < -0.39 is 0 Å². The molecule has 2 rings (SSSR count). The molecule has 0 aromatic heterocycles. The molecule has 0 spiro atoms. The normalized spacial score (nSPS) is 20.1. The molecular formula is C21H39IN4O3. The topological polar surface area (TPSA) is 83.0 Å². The van der Waals surface area contributed by atoms with Gasteiger partial charge in [0, 0.05) is 44.6 Å². The van der Waals surface area contributed by atoms with Crippen LogP contribution in [0.25, 0.3) is 0 Å². The number of methoxy groups -OCH3 is 1. The fourth-order valence-electron chi connectivity index (χ4n) is 4.05. The Morgan fingerprint density at radius 2 is 1.86 bits per heavy atom. The van der Waals surface area contributed by atoms with Gasteiger partial charge in [0.1, 0.15) is 0 Å². The molecule has 1 amide bonds. The first-order valence-corrected chi connectivity index (χ1v) is 11.0. The lowest BCUT2D eigenvalue weighted by Crippen LogP contribution is -2.45. The summed E-state index contributed by atoms with van der Waals surface area (Å²) < 4.78 is 4.65. The standard InChI is InChI=1S/C21H38N4O3.HI/c1-3-22-21(23-14-9-5-8-12-19(26)28-2)24-18-13-15-25(16-18)20(27)17-10-6-4-7-11-17;/h17-18H,3-16H2,1-2H3,(H2,22,23,24);1H. The molecule has 1 heterocycles. The van der Waals surface area contributed by atoms with E-state index in [2.05, 4.69) is 27.3 Å². The number of carbonyl (C=O) groups excluding carboxylic acids is 2. The molecule has 1 atom stereocenters. The summed E-state index contributed by atoms with van der Waals surface area (Å²) in [7, 11) is 1.42. The highest BCUT2D eigenvalue weighted by molar-refractivity contribution is 14.0. The minimum absolute atomic E-state index is 0. The van der Waals surface area contributed by atoms with Crippen LogP contribution < -0.4 is 10.6 Å². The molecule has 0 bridgehead atoms. The van der Waals surface area contributed by atoms with Crippen molar-refractivity contribution in [2.45, 2.75) is 77.2 Å². The third kappa shape index (κ3) is 9.53. The maximum Gasteiger partial charge on any atom is 0.305 e. The van der Waals surface area contributed by atoms with Crippen molar-refractivity contribution in [3.8, 4) is 0 Å². The Morgan fingerprint density at radius 3 is 2.55 bits per heavy atom. The van der Waals surface area contributed by atoms with Crippen molar-refractivity contribution in [3.63, 3.8) is 0 Å². The largest absolute Gasteiger partial charge is 0.469 e. The van der Waals surface area contributed by atoms with Gasteiger partial charge in [-0.1, -0.05) is 25.7 Å². The van der Waals surface area contributed by atoms with E-state index in [9.17, 15) is 9.59 Å². The summed E-state index contributed by atoms with van der Waals surface area (Å²) >= 11 is 0.